The van der Waals surface area contributed by atoms with E-state index in [0.29, 0.717) is 12.5 Å². The lowest BCUT2D eigenvalue weighted by molar-refractivity contribution is -0.0699. The van der Waals surface area contributed by atoms with Gasteiger partial charge in [-0.2, -0.15) is 0 Å². The Hall–Kier alpha value is -0.120. The van der Waals surface area contributed by atoms with Gasteiger partial charge in [0.2, 0.25) is 0 Å². The summed E-state index contributed by atoms with van der Waals surface area (Å²) in [5.41, 5.74) is 5.43. The largest absolute Gasteiger partial charge is 0.394 e. The van der Waals surface area contributed by atoms with E-state index in [0.717, 1.165) is 19.3 Å². The highest BCUT2D eigenvalue weighted by Gasteiger charge is 2.30. The van der Waals surface area contributed by atoms with Gasteiger partial charge in [-0.3, -0.25) is 0 Å². The average molecular weight is 231 g/mol. The fourth-order valence-electron chi connectivity index (χ4n) is 1.75. The van der Waals surface area contributed by atoms with Gasteiger partial charge in [0, 0.05) is 0 Å². The number of aliphatic hydroxyl groups is 1. The molecule has 0 aliphatic rings. The fourth-order valence-corrected chi connectivity index (χ4v) is 1.75. The molecule has 0 spiro atoms. The van der Waals surface area contributed by atoms with Gasteiger partial charge in [-0.25, -0.2) is 0 Å². The highest BCUT2D eigenvalue weighted by atomic mass is 16.5. The molecule has 0 radical (unpaired) electrons. The summed E-state index contributed by atoms with van der Waals surface area (Å²) >= 11 is 0. The first-order chi connectivity index (χ1) is 7.31. The number of rotatable bonds is 8. The lowest BCUT2D eigenvalue weighted by Crippen LogP contribution is -2.51. The summed E-state index contributed by atoms with van der Waals surface area (Å²) in [5.74, 6) is 0.468. The minimum absolute atomic E-state index is 0.0192. The third-order valence-electron chi connectivity index (χ3n) is 3.33. The summed E-state index contributed by atoms with van der Waals surface area (Å²) in [4.78, 5) is 0. The van der Waals surface area contributed by atoms with Gasteiger partial charge in [-0.1, -0.05) is 27.7 Å². The number of hydrogen-bond donors (Lipinski definition) is 2. The number of nitrogens with two attached hydrogens (primary N) is 1. The highest BCUT2D eigenvalue weighted by molar-refractivity contribution is 4.86. The Morgan fingerprint density at radius 3 is 2.06 bits per heavy atom. The zero-order valence-corrected chi connectivity index (χ0v) is 11.5. The molecular formula is C13H29NO2. The maximum Gasteiger partial charge on any atom is 0.0676 e. The molecule has 0 aromatic rings. The molecule has 1 atom stereocenters. The van der Waals surface area contributed by atoms with Crippen molar-refractivity contribution < 1.29 is 9.84 Å². The molecule has 0 heterocycles. The van der Waals surface area contributed by atoms with Crippen LogP contribution in [-0.4, -0.2) is 29.5 Å². The van der Waals surface area contributed by atoms with Crippen molar-refractivity contribution in [1.29, 1.82) is 0 Å². The van der Waals surface area contributed by atoms with Crippen LogP contribution in [0.2, 0.25) is 0 Å². The van der Waals surface area contributed by atoms with Crippen molar-refractivity contribution in [2.75, 3.05) is 13.2 Å². The van der Waals surface area contributed by atoms with Gasteiger partial charge in [-0.05, 0) is 32.1 Å². The van der Waals surface area contributed by atoms with Gasteiger partial charge >= 0.3 is 0 Å². The first-order valence-electron chi connectivity index (χ1n) is 6.34. The molecule has 0 rings (SSSR count). The van der Waals surface area contributed by atoms with Crippen molar-refractivity contribution >= 4 is 0 Å². The van der Waals surface area contributed by atoms with Crippen molar-refractivity contribution in [2.45, 2.75) is 65.0 Å². The van der Waals surface area contributed by atoms with Crippen molar-refractivity contribution in [3.05, 3.63) is 0 Å². The Morgan fingerprint density at radius 1 is 1.25 bits per heavy atom. The van der Waals surface area contributed by atoms with Gasteiger partial charge in [0.25, 0.3) is 0 Å². The average Bonchev–Trinajstić information content (AvgIpc) is 2.25. The normalized spacial score (nSPS) is 16.5. The van der Waals surface area contributed by atoms with Crippen LogP contribution >= 0.6 is 0 Å². The molecule has 0 aliphatic carbocycles. The molecule has 0 amide bonds. The van der Waals surface area contributed by atoms with Crippen LogP contribution in [-0.2, 0) is 4.74 Å². The summed E-state index contributed by atoms with van der Waals surface area (Å²) in [6, 6.07) is 0. The van der Waals surface area contributed by atoms with E-state index in [4.69, 9.17) is 10.5 Å². The molecule has 0 aliphatic heterocycles. The van der Waals surface area contributed by atoms with Crippen molar-refractivity contribution in [3.8, 4) is 0 Å². The molecule has 0 saturated carbocycles. The quantitative estimate of drug-likeness (QED) is 0.674. The lowest BCUT2D eigenvalue weighted by Gasteiger charge is -2.35. The molecule has 1 unspecified atom stereocenters. The van der Waals surface area contributed by atoms with E-state index < -0.39 is 5.54 Å². The summed E-state index contributed by atoms with van der Waals surface area (Å²) in [5, 5.41) is 9.37. The Morgan fingerprint density at radius 2 is 1.75 bits per heavy atom. The highest BCUT2D eigenvalue weighted by Crippen LogP contribution is 2.23. The van der Waals surface area contributed by atoms with Gasteiger partial charge in [0.05, 0.1) is 24.4 Å². The first kappa shape index (κ1) is 15.9. The molecule has 0 fully saturated rings. The third-order valence-corrected chi connectivity index (χ3v) is 3.33. The maximum absolute atomic E-state index is 9.37. The number of hydrogen-bond acceptors (Lipinski definition) is 3. The van der Waals surface area contributed by atoms with Crippen LogP contribution in [0.3, 0.4) is 0 Å². The smallest absolute Gasteiger partial charge is 0.0676 e. The van der Waals surface area contributed by atoms with Crippen molar-refractivity contribution in [3.63, 3.8) is 0 Å². The fraction of sp³-hybridized carbons (Fsp3) is 1.00. The van der Waals surface area contributed by atoms with Gasteiger partial charge in [-0.15, -0.1) is 0 Å². The molecule has 0 aromatic heterocycles. The Balaban J connectivity index is 4.32. The van der Waals surface area contributed by atoms with Crippen LogP contribution in [0.15, 0.2) is 0 Å². The Bertz CT molecular complexity index is 190. The summed E-state index contributed by atoms with van der Waals surface area (Å²) < 4.78 is 5.90. The molecular weight excluding hydrogens is 202 g/mol. The van der Waals surface area contributed by atoms with Crippen molar-refractivity contribution in [2.24, 2.45) is 11.7 Å². The van der Waals surface area contributed by atoms with E-state index in [1.165, 1.54) is 0 Å². The summed E-state index contributed by atoms with van der Waals surface area (Å²) in [7, 11) is 0. The molecule has 98 valence electrons. The molecule has 3 N–H and O–H groups in total. The third kappa shape index (κ3) is 5.28. The molecule has 0 saturated heterocycles. The lowest BCUT2D eigenvalue weighted by atomic mass is 9.90. The minimum Gasteiger partial charge on any atom is -0.394 e. The maximum atomic E-state index is 9.37. The second kappa shape index (κ2) is 6.58. The van der Waals surface area contributed by atoms with Crippen LogP contribution in [0, 0.1) is 5.92 Å². The summed E-state index contributed by atoms with van der Waals surface area (Å²) in [6.45, 7) is 11.0. The molecule has 16 heavy (non-hydrogen) atoms. The molecule has 3 heteroatoms. The van der Waals surface area contributed by atoms with Crippen LogP contribution in [0.25, 0.3) is 0 Å². The van der Waals surface area contributed by atoms with E-state index in [2.05, 4.69) is 34.6 Å². The Labute approximate surface area is 100 Å². The van der Waals surface area contributed by atoms with E-state index in [1.807, 2.05) is 0 Å². The number of aliphatic hydroxyl groups excluding tert-OH is 1. The zero-order valence-electron chi connectivity index (χ0n) is 11.5. The minimum atomic E-state index is -0.597. The zero-order chi connectivity index (χ0) is 12.8. The van der Waals surface area contributed by atoms with Gasteiger partial charge < -0.3 is 15.6 Å². The van der Waals surface area contributed by atoms with Crippen LogP contribution in [0.4, 0.5) is 0 Å². The summed E-state index contributed by atoms with van der Waals surface area (Å²) in [6.07, 6.45) is 2.71. The van der Waals surface area contributed by atoms with Gasteiger partial charge in [0.15, 0.2) is 0 Å². The molecule has 0 bridgehead atoms. The van der Waals surface area contributed by atoms with E-state index in [-0.39, 0.29) is 12.2 Å². The second-order valence-electron chi connectivity index (χ2n) is 5.56. The molecule has 0 aromatic carbocycles. The van der Waals surface area contributed by atoms with Crippen molar-refractivity contribution in [1.82, 2.24) is 0 Å². The van der Waals surface area contributed by atoms with Crippen LogP contribution < -0.4 is 5.73 Å². The first-order valence-corrected chi connectivity index (χ1v) is 6.34. The predicted molar refractivity (Wildman–Crippen MR) is 68.4 cm³/mol. The topological polar surface area (TPSA) is 55.5 Å². The molecule has 3 nitrogen and oxygen atoms in total. The Kier molecular flexibility index (Phi) is 6.53. The van der Waals surface area contributed by atoms with E-state index >= 15 is 0 Å². The van der Waals surface area contributed by atoms with Crippen LogP contribution in [0.5, 0.6) is 0 Å². The monoisotopic (exact) mass is 231 g/mol. The number of ether oxygens (including phenoxy) is 1. The predicted octanol–water partition coefficient (Wildman–Crippen LogP) is 2.32. The standard InChI is InChI=1S/C13H29NO2/c1-6-12(5,7-2)16-10-13(14,9-15)8-11(3)4/h11,15H,6-10,14H2,1-5H3. The van der Waals surface area contributed by atoms with Gasteiger partial charge in [0.1, 0.15) is 0 Å². The second-order valence-corrected chi connectivity index (χ2v) is 5.56. The SMILES string of the molecule is CCC(C)(CC)OCC(N)(CO)CC(C)C. The van der Waals surface area contributed by atoms with E-state index in [9.17, 15) is 5.11 Å². The van der Waals surface area contributed by atoms with E-state index in [1.54, 1.807) is 0 Å². The van der Waals surface area contributed by atoms with Crippen LogP contribution in [0.1, 0.15) is 53.9 Å².